The Morgan fingerprint density at radius 3 is 2.38 bits per heavy atom. The van der Waals surface area contributed by atoms with E-state index >= 15 is 0 Å². The maximum absolute atomic E-state index is 13.7. The van der Waals surface area contributed by atoms with E-state index in [1.807, 2.05) is 16.8 Å². The molecule has 0 unspecified atom stereocenters. The van der Waals surface area contributed by atoms with Crippen LogP contribution >= 0.6 is 0 Å². The summed E-state index contributed by atoms with van der Waals surface area (Å²) >= 11 is 0. The molecule has 0 aliphatic carbocycles. The molecule has 1 N–H and O–H groups in total. The zero-order valence-electron chi connectivity index (χ0n) is 24.5. The first-order chi connectivity index (χ1) is 19.2. The van der Waals surface area contributed by atoms with Gasteiger partial charge in [0.1, 0.15) is 6.04 Å². The number of hydrogen-bond donors (Lipinski definition) is 1. The fraction of sp³-hybridized carbons (Fsp3) is 0.467. The highest BCUT2D eigenvalue weighted by Crippen LogP contribution is 2.35. The molecule has 4 aromatic rings. The Balaban J connectivity index is 1.59. The number of aryl methyl sites for hydroxylation is 2. The van der Waals surface area contributed by atoms with Gasteiger partial charge in [-0.1, -0.05) is 19.1 Å². The van der Waals surface area contributed by atoms with Crippen LogP contribution in [0.3, 0.4) is 0 Å². The summed E-state index contributed by atoms with van der Waals surface area (Å²) in [5, 5.41) is 13.8. The monoisotopic (exact) mass is 545 g/mol. The standard InChI is InChI=1S/C30H39N7O3/c1-8-30(4,5)37-28(32-33-34-37)27(36-13-11-35(12-14-36)24-15-19(2)9-10-20(24)3)22-16-21-17-25(39-6)26(40-7)18-23(21)31-29(22)38/h9-10,15-18,27H,8,11-14H2,1-7H3,(H,31,38)/t27-/m1/s1. The highest BCUT2D eigenvalue weighted by atomic mass is 16.5. The number of nitrogens with one attached hydrogen (secondary N) is 1. The van der Waals surface area contributed by atoms with Crippen LogP contribution in [0, 0.1) is 13.8 Å². The third-order valence-electron chi connectivity index (χ3n) is 8.23. The van der Waals surface area contributed by atoms with Gasteiger partial charge in [0.05, 0.1) is 25.3 Å². The molecule has 3 heterocycles. The van der Waals surface area contributed by atoms with Crippen molar-refractivity contribution in [1.29, 1.82) is 0 Å². The second-order valence-corrected chi connectivity index (χ2v) is 11.2. The largest absolute Gasteiger partial charge is 0.493 e. The number of fused-ring (bicyclic) bond motifs is 1. The van der Waals surface area contributed by atoms with E-state index in [9.17, 15) is 4.79 Å². The van der Waals surface area contributed by atoms with Gasteiger partial charge in [0, 0.05) is 48.9 Å². The third kappa shape index (κ3) is 5.03. The molecule has 5 rings (SSSR count). The van der Waals surface area contributed by atoms with Crippen LogP contribution in [0.15, 0.2) is 41.2 Å². The van der Waals surface area contributed by atoms with E-state index in [1.165, 1.54) is 16.8 Å². The van der Waals surface area contributed by atoms with Crippen LogP contribution in [0.1, 0.15) is 55.7 Å². The average molecular weight is 546 g/mol. The third-order valence-corrected chi connectivity index (χ3v) is 8.23. The summed E-state index contributed by atoms with van der Waals surface area (Å²) in [6.45, 7) is 13.8. The summed E-state index contributed by atoms with van der Waals surface area (Å²) < 4.78 is 12.9. The number of piperazine rings is 1. The number of methoxy groups -OCH3 is 2. The molecule has 2 aromatic heterocycles. The van der Waals surface area contributed by atoms with Gasteiger partial charge in [0.15, 0.2) is 17.3 Å². The Labute approximate surface area is 234 Å². The molecule has 0 spiro atoms. The summed E-state index contributed by atoms with van der Waals surface area (Å²) in [6, 6.07) is 11.8. The van der Waals surface area contributed by atoms with Crippen LogP contribution in [-0.2, 0) is 5.54 Å². The summed E-state index contributed by atoms with van der Waals surface area (Å²) in [5.41, 5.74) is 4.55. The SMILES string of the molecule is CCC(C)(C)n1nnnc1[C@@H](c1cc2cc(OC)c(OC)cc2[nH]c1=O)N1CCN(c2cc(C)ccc2C)CC1. The van der Waals surface area contributed by atoms with Crippen LogP contribution in [0.2, 0.25) is 0 Å². The van der Waals surface area contributed by atoms with Crippen molar-refractivity contribution in [2.24, 2.45) is 0 Å². The fourth-order valence-corrected chi connectivity index (χ4v) is 5.48. The van der Waals surface area contributed by atoms with E-state index in [4.69, 9.17) is 9.47 Å². The van der Waals surface area contributed by atoms with Crippen molar-refractivity contribution in [3.63, 3.8) is 0 Å². The van der Waals surface area contributed by atoms with Gasteiger partial charge in [0.25, 0.3) is 5.56 Å². The molecular weight excluding hydrogens is 506 g/mol. The Bertz CT molecular complexity index is 1570. The predicted octanol–water partition coefficient (Wildman–Crippen LogP) is 4.21. The minimum Gasteiger partial charge on any atom is -0.493 e. The number of nitrogens with zero attached hydrogens (tertiary/aromatic N) is 6. The van der Waals surface area contributed by atoms with Crippen molar-refractivity contribution in [2.45, 2.75) is 52.6 Å². The summed E-state index contributed by atoms with van der Waals surface area (Å²) in [4.78, 5) is 21.6. The molecule has 0 amide bonds. The van der Waals surface area contributed by atoms with Crippen LogP contribution in [-0.4, -0.2) is 70.5 Å². The van der Waals surface area contributed by atoms with Crippen molar-refractivity contribution in [2.75, 3.05) is 45.3 Å². The van der Waals surface area contributed by atoms with Crippen molar-refractivity contribution >= 4 is 16.6 Å². The van der Waals surface area contributed by atoms with E-state index < -0.39 is 6.04 Å². The highest BCUT2D eigenvalue weighted by Gasteiger charge is 2.36. The number of aromatic nitrogens is 5. The number of ether oxygens (including phenoxy) is 2. The molecule has 1 atom stereocenters. The van der Waals surface area contributed by atoms with Gasteiger partial charge in [-0.05, 0) is 73.9 Å². The molecule has 1 aliphatic heterocycles. The molecule has 0 saturated carbocycles. The van der Waals surface area contributed by atoms with Crippen LogP contribution in [0.4, 0.5) is 5.69 Å². The molecule has 40 heavy (non-hydrogen) atoms. The zero-order chi connectivity index (χ0) is 28.6. The molecule has 212 valence electrons. The quantitative estimate of drug-likeness (QED) is 0.352. The lowest BCUT2D eigenvalue weighted by molar-refractivity contribution is 0.186. The van der Waals surface area contributed by atoms with E-state index in [0.717, 1.165) is 38.0 Å². The first-order valence-electron chi connectivity index (χ1n) is 13.8. The maximum Gasteiger partial charge on any atom is 0.253 e. The zero-order valence-corrected chi connectivity index (χ0v) is 24.5. The molecular formula is C30H39N7O3. The minimum absolute atomic E-state index is 0.175. The van der Waals surface area contributed by atoms with E-state index in [1.54, 1.807) is 20.3 Å². The van der Waals surface area contributed by atoms with Gasteiger partial charge in [-0.2, -0.15) is 0 Å². The maximum atomic E-state index is 13.7. The normalized spacial score (nSPS) is 15.4. The average Bonchev–Trinajstić information content (AvgIpc) is 3.45. The molecule has 0 radical (unpaired) electrons. The van der Waals surface area contributed by atoms with E-state index in [2.05, 4.69) is 83.1 Å². The van der Waals surface area contributed by atoms with Gasteiger partial charge in [-0.3, -0.25) is 9.69 Å². The second-order valence-electron chi connectivity index (χ2n) is 11.2. The van der Waals surface area contributed by atoms with Crippen molar-refractivity contribution < 1.29 is 9.47 Å². The Morgan fingerprint density at radius 2 is 1.70 bits per heavy atom. The topological polar surface area (TPSA) is 101 Å². The number of tetrazole rings is 1. The molecule has 10 heteroatoms. The number of rotatable bonds is 8. The molecule has 0 bridgehead atoms. The van der Waals surface area contributed by atoms with E-state index in [-0.39, 0.29) is 11.1 Å². The number of anilines is 1. The van der Waals surface area contributed by atoms with Crippen molar-refractivity contribution in [3.8, 4) is 11.5 Å². The number of benzene rings is 2. The van der Waals surface area contributed by atoms with Crippen LogP contribution in [0.25, 0.3) is 10.9 Å². The summed E-state index contributed by atoms with van der Waals surface area (Å²) in [5.74, 6) is 1.83. The number of H-pyrrole nitrogens is 1. The lowest BCUT2D eigenvalue weighted by Gasteiger charge is -2.40. The molecule has 1 aliphatic rings. The Morgan fingerprint density at radius 1 is 1.00 bits per heavy atom. The lowest BCUT2D eigenvalue weighted by atomic mass is 9.98. The molecule has 1 saturated heterocycles. The Kier molecular flexibility index (Phi) is 7.55. The first-order valence-corrected chi connectivity index (χ1v) is 13.8. The molecule has 2 aromatic carbocycles. The molecule has 10 nitrogen and oxygen atoms in total. The lowest BCUT2D eigenvalue weighted by Crippen LogP contribution is -2.49. The van der Waals surface area contributed by atoms with Gasteiger partial charge in [0.2, 0.25) is 0 Å². The van der Waals surface area contributed by atoms with E-state index in [0.29, 0.717) is 28.4 Å². The predicted molar refractivity (Wildman–Crippen MR) is 157 cm³/mol. The van der Waals surface area contributed by atoms with Crippen molar-refractivity contribution in [3.05, 3.63) is 69.3 Å². The van der Waals surface area contributed by atoms with Crippen LogP contribution in [0.5, 0.6) is 11.5 Å². The van der Waals surface area contributed by atoms with Gasteiger partial charge < -0.3 is 19.4 Å². The Hall–Kier alpha value is -3.92. The highest BCUT2D eigenvalue weighted by molar-refractivity contribution is 5.83. The van der Waals surface area contributed by atoms with Crippen LogP contribution < -0.4 is 19.9 Å². The summed E-state index contributed by atoms with van der Waals surface area (Å²) in [7, 11) is 3.19. The van der Waals surface area contributed by atoms with Gasteiger partial charge >= 0.3 is 0 Å². The van der Waals surface area contributed by atoms with Gasteiger partial charge in [-0.25, -0.2) is 4.68 Å². The number of pyridine rings is 1. The summed E-state index contributed by atoms with van der Waals surface area (Å²) in [6.07, 6.45) is 0.837. The second kappa shape index (κ2) is 10.9. The number of hydrogen-bond acceptors (Lipinski definition) is 8. The number of aromatic amines is 1. The first kappa shape index (κ1) is 27.6. The fourth-order valence-electron chi connectivity index (χ4n) is 5.48. The minimum atomic E-state index is -0.428. The van der Waals surface area contributed by atoms with Crippen molar-refractivity contribution in [1.82, 2.24) is 30.1 Å². The van der Waals surface area contributed by atoms with Gasteiger partial charge in [-0.15, -0.1) is 5.10 Å². The molecule has 1 fully saturated rings. The smallest absolute Gasteiger partial charge is 0.253 e.